The average Bonchev–Trinajstić information content (AvgIpc) is 3.49. The number of ether oxygens (including phenoxy) is 3. The first-order valence-corrected chi connectivity index (χ1v) is 35.4. The maximum atomic E-state index is 12.9. The van der Waals surface area contributed by atoms with Crippen LogP contribution in [-0.2, 0) is 28.6 Å². The van der Waals surface area contributed by atoms with Gasteiger partial charge in [0.2, 0.25) is 0 Å². The van der Waals surface area contributed by atoms with Crippen LogP contribution in [0.3, 0.4) is 0 Å². The molecule has 0 fully saturated rings. The van der Waals surface area contributed by atoms with E-state index in [1.807, 2.05) is 0 Å². The summed E-state index contributed by atoms with van der Waals surface area (Å²) in [6, 6.07) is 0. The molecule has 0 rings (SSSR count). The van der Waals surface area contributed by atoms with Crippen LogP contribution in [0, 0.1) is 0 Å². The molecule has 0 bridgehead atoms. The summed E-state index contributed by atoms with van der Waals surface area (Å²) >= 11 is 0. The molecule has 0 aliphatic carbocycles. The second kappa shape index (κ2) is 70.6. The van der Waals surface area contributed by atoms with Crippen molar-refractivity contribution in [2.75, 3.05) is 13.2 Å². The Balaban J connectivity index is 4.26. The van der Waals surface area contributed by atoms with Crippen LogP contribution in [0.5, 0.6) is 0 Å². The monoisotopic (exact) mass is 1150 g/mol. The zero-order chi connectivity index (χ0) is 59.9. The van der Waals surface area contributed by atoms with Crippen LogP contribution in [0.2, 0.25) is 0 Å². The number of hydrogen-bond acceptors (Lipinski definition) is 6. The second-order valence-electron chi connectivity index (χ2n) is 23.4. The molecule has 0 aliphatic heterocycles. The Morgan fingerprint density at radius 1 is 0.253 bits per heavy atom. The van der Waals surface area contributed by atoms with Crippen LogP contribution < -0.4 is 0 Å². The number of hydrogen-bond donors (Lipinski definition) is 0. The quantitative estimate of drug-likeness (QED) is 0.0261. The first kappa shape index (κ1) is 79.1. The minimum Gasteiger partial charge on any atom is -0.462 e. The number of unbranched alkanes of at least 4 members (excludes halogenated alkanes) is 35. The minimum atomic E-state index is -0.790. The highest BCUT2D eigenvalue weighted by Crippen LogP contribution is 2.17. The molecule has 0 amide bonds. The van der Waals surface area contributed by atoms with Gasteiger partial charge in [0.25, 0.3) is 0 Å². The fourth-order valence-corrected chi connectivity index (χ4v) is 9.94. The predicted molar refractivity (Wildman–Crippen MR) is 362 cm³/mol. The van der Waals surface area contributed by atoms with Crippen molar-refractivity contribution in [3.8, 4) is 0 Å². The smallest absolute Gasteiger partial charge is 0.306 e. The lowest BCUT2D eigenvalue weighted by molar-refractivity contribution is -0.167. The Bertz CT molecular complexity index is 1660. The molecular formula is C77H132O6. The summed E-state index contributed by atoms with van der Waals surface area (Å²) in [5.41, 5.74) is 0. The molecule has 6 nitrogen and oxygen atoms in total. The maximum absolute atomic E-state index is 12.9. The van der Waals surface area contributed by atoms with Crippen LogP contribution in [0.25, 0.3) is 0 Å². The van der Waals surface area contributed by atoms with E-state index in [0.717, 1.165) is 122 Å². The number of carbonyl (C=O) groups is 3. The summed E-state index contributed by atoms with van der Waals surface area (Å²) in [7, 11) is 0. The summed E-state index contributed by atoms with van der Waals surface area (Å²) in [6.07, 6.45) is 96.8. The third-order valence-corrected chi connectivity index (χ3v) is 15.2. The van der Waals surface area contributed by atoms with Crippen molar-refractivity contribution in [1.29, 1.82) is 0 Å². The number of rotatable bonds is 64. The lowest BCUT2D eigenvalue weighted by atomic mass is 10.0. The van der Waals surface area contributed by atoms with Crippen LogP contribution in [-0.4, -0.2) is 37.2 Å². The SMILES string of the molecule is CC/C=C\C/C=C\C/C=C\C/C=C\C/C=C\CCCCCCCCCCCCCCCCCC(=O)OCC(COC(=O)CCCCCCC/C=C\CCCCCC)OC(=O)CCCCCCCC/C=C\C/C=C\C/C=C\CCCCCCC. The van der Waals surface area contributed by atoms with Crippen molar-refractivity contribution in [2.24, 2.45) is 0 Å². The van der Waals surface area contributed by atoms with Crippen LogP contribution in [0.1, 0.15) is 342 Å². The summed E-state index contributed by atoms with van der Waals surface area (Å²) in [5, 5.41) is 0. The Kier molecular flexibility index (Phi) is 67.2. The fourth-order valence-electron chi connectivity index (χ4n) is 9.94. The van der Waals surface area contributed by atoms with E-state index in [9.17, 15) is 14.4 Å². The summed E-state index contributed by atoms with van der Waals surface area (Å²) in [5.74, 6) is -0.893. The van der Waals surface area contributed by atoms with Gasteiger partial charge in [-0.05, 0) is 128 Å². The standard InChI is InChI=1S/C77H132O6/c1-4-7-10-13-16-19-22-25-27-29-31-33-34-35-36-37-38-39-40-41-42-44-45-47-49-52-55-58-61-64-67-70-76(79)82-73-74(72-81-75(78)69-66-63-60-57-54-51-24-21-18-15-12-9-6-3)83-77(80)71-68-65-62-59-56-53-50-48-46-43-32-30-28-26-23-20-17-14-11-8-5-2/h7,10,16,19,21,23-27,30-33,35-36,46,48,74H,4-6,8-9,11-15,17-18,20,22,28-29,34,37-45,47,49-73H2,1-3H3/b10-7-,19-16-,24-21-,26-23-,27-25-,32-30-,33-31-,36-35-,48-46-. The summed E-state index contributed by atoms with van der Waals surface area (Å²) < 4.78 is 17.0. The van der Waals surface area contributed by atoms with E-state index in [-0.39, 0.29) is 31.1 Å². The maximum Gasteiger partial charge on any atom is 0.306 e. The number of allylic oxidation sites excluding steroid dienone is 18. The van der Waals surface area contributed by atoms with Gasteiger partial charge >= 0.3 is 17.9 Å². The third kappa shape index (κ3) is 68.7. The Labute approximate surface area is 514 Å². The van der Waals surface area contributed by atoms with Gasteiger partial charge in [-0.25, -0.2) is 0 Å². The molecule has 0 radical (unpaired) electrons. The first-order valence-electron chi connectivity index (χ1n) is 35.4. The van der Waals surface area contributed by atoms with Gasteiger partial charge < -0.3 is 14.2 Å². The van der Waals surface area contributed by atoms with Crippen LogP contribution >= 0.6 is 0 Å². The molecule has 476 valence electrons. The van der Waals surface area contributed by atoms with Gasteiger partial charge in [-0.3, -0.25) is 14.4 Å². The lowest BCUT2D eigenvalue weighted by Gasteiger charge is -2.18. The second-order valence-corrected chi connectivity index (χ2v) is 23.4. The molecule has 6 heteroatoms. The van der Waals surface area contributed by atoms with E-state index in [4.69, 9.17) is 14.2 Å². The fraction of sp³-hybridized carbons (Fsp3) is 0.727. The Morgan fingerprint density at radius 2 is 0.470 bits per heavy atom. The molecule has 0 aromatic heterocycles. The van der Waals surface area contributed by atoms with E-state index >= 15 is 0 Å². The van der Waals surface area contributed by atoms with Gasteiger partial charge in [0.1, 0.15) is 13.2 Å². The van der Waals surface area contributed by atoms with E-state index in [0.29, 0.717) is 19.3 Å². The summed E-state index contributed by atoms with van der Waals surface area (Å²) in [4.78, 5) is 38.4. The predicted octanol–water partition coefficient (Wildman–Crippen LogP) is 24.6. The Morgan fingerprint density at radius 3 is 0.759 bits per heavy atom. The summed E-state index contributed by atoms with van der Waals surface area (Å²) in [6.45, 7) is 6.51. The van der Waals surface area contributed by atoms with Gasteiger partial charge in [-0.2, -0.15) is 0 Å². The lowest BCUT2D eigenvalue weighted by Crippen LogP contribution is -2.30. The first-order chi connectivity index (χ1) is 41.0. The van der Waals surface area contributed by atoms with Crippen LogP contribution in [0.4, 0.5) is 0 Å². The molecule has 0 aromatic carbocycles. The molecular weight excluding hydrogens is 1020 g/mol. The van der Waals surface area contributed by atoms with Gasteiger partial charge in [0.15, 0.2) is 6.10 Å². The molecule has 0 saturated heterocycles. The normalized spacial score (nSPS) is 12.8. The molecule has 0 N–H and O–H groups in total. The molecule has 83 heavy (non-hydrogen) atoms. The zero-order valence-electron chi connectivity index (χ0n) is 54.7. The highest BCUT2D eigenvalue weighted by molar-refractivity contribution is 5.71. The third-order valence-electron chi connectivity index (χ3n) is 15.2. The van der Waals surface area contributed by atoms with E-state index in [1.165, 1.54) is 180 Å². The highest BCUT2D eigenvalue weighted by atomic mass is 16.6. The van der Waals surface area contributed by atoms with Gasteiger partial charge in [-0.15, -0.1) is 0 Å². The van der Waals surface area contributed by atoms with E-state index in [2.05, 4.69) is 130 Å². The van der Waals surface area contributed by atoms with Crippen molar-refractivity contribution in [2.45, 2.75) is 348 Å². The highest BCUT2D eigenvalue weighted by Gasteiger charge is 2.19. The van der Waals surface area contributed by atoms with Crippen molar-refractivity contribution in [3.63, 3.8) is 0 Å². The zero-order valence-corrected chi connectivity index (χ0v) is 54.7. The molecule has 0 heterocycles. The van der Waals surface area contributed by atoms with Gasteiger partial charge in [-0.1, -0.05) is 304 Å². The molecule has 1 atom stereocenters. The molecule has 1 unspecified atom stereocenters. The molecule has 0 saturated carbocycles. The van der Waals surface area contributed by atoms with Gasteiger partial charge in [0.05, 0.1) is 0 Å². The Hall–Kier alpha value is -3.93. The van der Waals surface area contributed by atoms with Crippen molar-refractivity contribution in [3.05, 3.63) is 109 Å². The van der Waals surface area contributed by atoms with Crippen molar-refractivity contribution < 1.29 is 28.6 Å². The largest absolute Gasteiger partial charge is 0.462 e. The van der Waals surface area contributed by atoms with E-state index in [1.54, 1.807) is 0 Å². The van der Waals surface area contributed by atoms with Crippen molar-refractivity contribution >= 4 is 17.9 Å². The number of carbonyl (C=O) groups excluding carboxylic acids is 3. The molecule has 0 aromatic rings. The van der Waals surface area contributed by atoms with Crippen molar-refractivity contribution in [1.82, 2.24) is 0 Å². The minimum absolute atomic E-state index is 0.0845. The molecule has 0 spiro atoms. The molecule has 0 aliphatic rings. The van der Waals surface area contributed by atoms with E-state index < -0.39 is 6.10 Å². The van der Waals surface area contributed by atoms with Crippen LogP contribution in [0.15, 0.2) is 109 Å². The average molecular weight is 1150 g/mol. The van der Waals surface area contributed by atoms with Gasteiger partial charge in [0, 0.05) is 19.3 Å². The topological polar surface area (TPSA) is 78.9 Å². The number of esters is 3.